The smallest absolute Gasteiger partial charge is 0.133 e. The number of ketones is 1. The van der Waals surface area contributed by atoms with Crippen molar-refractivity contribution in [2.45, 2.75) is 44.9 Å². The summed E-state index contributed by atoms with van der Waals surface area (Å²) < 4.78 is 0. The lowest BCUT2D eigenvalue weighted by molar-refractivity contribution is -0.121. The third-order valence-corrected chi connectivity index (χ3v) is 4.80. The van der Waals surface area contributed by atoms with E-state index in [0.717, 1.165) is 12.8 Å². The van der Waals surface area contributed by atoms with Crippen molar-refractivity contribution in [2.24, 2.45) is 0 Å². The van der Waals surface area contributed by atoms with Crippen molar-refractivity contribution in [3.05, 3.63) is 70.8 Å². The highest BCUT2D eigenvalue weighted by atomic mass is 16.1. The largest absolute Gasteiger partial charge is 0.300 e. The molecule has 0 atom stereocenters. The van der Waals surface area contributed by atoms with E-state index in [1.165, 1.54) is 22.3 Å². The first-order chi connectivity index (χ1) is 10.1. The van der Waals surface area contributed by atoms with Gasteiger partial charge in [-0.05, 0) is 37.8 Å². The van der Waals surface area contributed by atoms with E-state index in [0.29, 0.717) is 18.6 Å². The molecule has 0 bridgehead atoms. The van der Waals surface area contributed by atoms with Crippen molar-refractivity contribution in [1.29, 1.82) is 0 Å². The molecule has 1 saturated carbocycles. The fourth-order valence-corrected chi connectivity index (χ4v) is 3.59. The number of Topliss-reactive ketones (excluding diaryl/α,β-unsaturated/α-hetero) is 1. The normalized spacial score (nSPS) is 17.7. The molecule has 2 aromatic rings. The van der Waals surface area contributed by atoms with Gasteiger partial charge in [0.1, 0.15) is 5.78 Å². The second kappa shape index (κ2) is 5.48. The molecule has 21 heavy (non-hydrogen) atoms. The molecule has 1 heteroatoms. The van der Waals surface area contributed by atoms with Gasteiger partial charge in [-0.25, -0.2) is 0 Å². The van der Waals surface area contributed by atoms with E-state index in [1.807, 2.05) is 0 Å². The summed E-state index contributed by atoms with van der Waals surface area (Å²) in [5.74, 6) is 0.408. The molecule has 0 aliphatic heterocycles. The van der Waals surface area contributed by atoms with Crippen molar-refractivity contribution in [3.63, 3.8) is 0 Å². The molecule has 1 aliphatic carbocycles. The maximum atomic E-state index is 11.7. The summed E-state index contributed by atoms with van der Waals surface area (Å²) in [6.45, 7) is 4.28. The van der Waals surface area contributed by atoms with Crippen LogP contribution < -0.4 is 0 Å². The van der Waals surface area contributed by atoms with Gasteiger partial charge in [-0.3, -0.25) is 4.79 Å². The van der Waals surface area contributed by atoms with Crippen LogP contribution in [0.2, 0.25) is 0 Å². The summed E-state index contributed by atoms with van der Waals surface area (Å²) >= 11 is 0. The number of carbonyl (C=O) groups excluding carboxylic acids is 1. The zero-order chi connectivity index (χ0) is 14.9. The zero-order valence-corrected chi connectivity index (χ0v) is 12.9. The Morgan fingerprint density at radius 2 is 1.29 bits per heavy atom. The van der Waals surface area contributed by atoms with Crippen LogP contribution in [0.15, 0.2) is 48.5 Å². The highest BCUT2D eigenvalue weighted by Gasteiger charge is 2.37. The highest BCUT2D eigenvalue weighted by Crippen LogP contribution is 2.44. The van der Waals surface area contributed by atoms with E-state index in [-0.39, 0.29) is 5.41 Å². The third-order valence-electron chi connectivity index (χ3n) is 4.80. The van der Waals surface area contributed by atoms with Gasteiger partial charge < -0.3 is 0 Å². The SMILES string of the molecule is Cc1cccc(C2(c3cccc(C)c3)CCC(=O)CC2)c1. The fraction of sp³-hybridized carbons (Fsp3) is 0.350. The quantitative estimate of drug-likeness (QED) is 0.776. The van der Waals surface area contributed by atoms with Gasteiger partial charge in [0, 0.05) is 18.3 Å². The molecule has 0 spiro atoms. The van der Waals surface area contributed by atoms with Crippen LogP contribution in [0.1, 0.15) is 47.9 Å². The average Bonchev–Trinajstić information content (AvgIpc) is 2.48. The molecule has 0 saturated heterocycles. The van der Waals surface area contributed by atoms with Crippen LogP contribution in [0.3, 0.4) is 0 Å². The van der Waals surface area contributed by atoms with Crippen LogP contribution >= 0.6 is 0 Å². The van der Waals surface area contributed by atoms with Crippen molar-refractivity contribution in [3.8, 4) is 0 Å². The Labute approximate surface area is 127 Å². The molecule has 0 N–H and O–H groups in total. The molecule has 0 heterocycles. The van der Waals surface area contributed by atoms with Gasteiger partial charge in [-0.15, -0.1) is 0 Å². The topological polar surface area (TPSA) is 17.1 Å². The van der Waals surface area contributed by atoms with Gasteiger partial charge in [0.2, 0.25) is 0 Å². The zero-order valence-electron chi connectivity index (χ0n) is 12.9. The molecule has 1 nitrogen and oxygen atoms in total. The lowest BCUT2D eigenvalue weighted by Gasteiger charge is -2.38. The molecule has 0 unspecified atom stereocenters. The number of hydrogen-bond acceptors (Lipinski definition) is 1. The molecule has 2 aromatic carbocycles. The summed E-state index contributed by atoms with van der Waals surface area (Å²) in [5.41, 5.74) is 5.31. The Hall–Kier alpha value is -1.89. The number of benzene rings is 2. The Morgan fingerprint density at radius 3 is 1.71 bits per heavy atom. The second-order valence-electron chi connectivity index (χ2n) is 6.36. The van der Waals surface area contributed by atoms with Gasteiger partial charge in [-0.2, -0.15) is 0 Å². The molecular formula is C20H22O. The molecule has 0 amide bonds. The molecular weight excluding hydrogens is 256 g/mol. The molecule has 1 aliphatic rings. The maximum Gasteiger partial charge on any atom is 0.133 e. The minimum Gasteiger partial charge on any atom is -0.300 e. The Morgan fingerprint density at radius 1 is 0.810 bits per heavy atom. The van der Waals surface area contributed by atoms with Crippen LogP contribution in [0, 0.1) is 13.8 Å². The van der Waals surface area contributed by atoms with Crippen LogP contribution in [-0.4, -0.2) is 5.78 Å². The second-order valence-corrected chi connectivity index (χ2v) is 6.36. The molecule has 0 aromatic heterocycles. The first-order valence-electron chi connectivity index (χ1n) is 7.76. The van der Waals surface area contributed by atoms with E-state index in [1.54, 1.807) is 0 Å². The molecule has 108 valence electrons. The predicted molar refractivity (Wildman–Crippen MR) is 86.6 cm³/mol. The van der Waals surface area contributed by atoms with Crippen LogP contribution in [0.4, 0.5) is 0 Å². The van der Waals surface area contributed by atoms with Crippen molar-refractivity contribution in [2.75, 3.05) is 0 Å². The van der Waals surface area contributed by atoms with Crippen LogP contribution in [0.5, 0.6) is 0 Å². The lowest BCUT2D eigenvalue weighted by atomic mass is 9.64. The van der Waals surface area contributed by atoms with E-state index < -0.39 is 0 Å². The number of rotatable bonds is 2. The van der Waals surface area contributed by atoms with Crippen LogP contribution in [-0.2, 0) is 10.2 Å². The number of carbonyl (C=O) groups is 1. The molecule has 0 radical (unpaired) electrons. The average molecular weight is 278 g/mol. The fourth-order valence-electron chi connectivity index (χ4n) is 3.59. The summed E-state index contributed by atoms with van der Waals surface area (Å²) in [6.07, 6.45) is 3.25. The van der Waals surface area contributed by atoms with E-state index in [4.69, 9.17) is 0 Å². The highest BCUT2D eigenvalue weighted by molar-refractivity contribution is 5.80. The first-order valence-corrected chi connectivity index (χ1v) is 7.76. The standard InChI is InChI=1S/C20H22O/c1-15-5-3-7-17(13-15)20(11-9-19(21)10-12-20)18-8-4-6-16(2)14-18/h3-8,13-14H,9-12H2,1-2H3. The van der Waals surface area contributed by atoms with Gasteiger partial charge in [0.15, 0.2) is 0 Å². The van der Waals surface area contributed by atoms with Gasteiger partial charge in [0.25, 0.3) is 0 Å². The van der Waals surface area contributed by atoms with Crippen LogP contribution in [0.25, 0.3) is 0 Å². The van der Waals surface area contributed by atoms with E-state index in [9.17, 15) is 4.79 Å². The minimum absolute atomic E-state index is 0.00590. The number of aryl methyl sites for hydroxylation is 2. The Bertz CT molecular complexity index is 612. The van der Waals surface area contributed by atoms with Crippen molar-refractivity contribution >= 4 is 5.78 Å². The summed E-state index contributed by atoms with van der Waals surface area (Å²) in [5, 5.41) is 0. The summed E-state index contributed by atoms with van der Waals surface area (Å²) in [6, 6.07) is 17.6. The maximum absolute atomic E-state index is 11.7. The summed E-state index contributed by atoms with van der Waals surface area (Å²) in [4.78, 5) is 11.7. The molecule has 3 rings (SSSR count). The predicted octanol–water partition coefficient (Wildman–Crippen LogP) is 4.73. The van der Waals surface area contributed by atoms with Crippen molar-refractivity contribution in [1.82, 2.24) is 0 Å². The third kappa shape index (κ3) is 2.65. The van der Waals surface area contributed by atoms with E-state index in [2.05, 4.69) is 62.4 Å². The monoisotopic (exact) mass is 278 g/mol. The van der Waals surface area contributed by atoms with Gasteiger partial charge in [-0.1, -0.05) is 59.7 Å². The number of hydrogen-bond donors (Lipinski definition) is 0. The first kappa shape index (κ1) is 14.1. The van der Waals surface area contributed by atoms with Crippen molar-refractivity contribution < 1.29 is 4.79 Å². The minimum atomic E-state index is 0.00590. The Kier molecular flexibility index (Phi) is 3.67. The molecule has 1 fully saturated rings. The van der Waals surface area contributed by atoms with Gasteiger partial charge >= 0.3 is 0 Å². The lowest BCUT2D eigenvalue weighted by Crippen LogP contribution is -2.33. The van der Waals surface area contributed by atoms with E-state index >= 15 is 0 Å². The van der Waals surface area contributed by atoms with Gasteiger partial charge in [0.05, 0.1) is 0 Å². The summed E-state index contributed by atoms with van der Waals surface area (Å²) in [7, 11) is 0. The Balaban J connectivity index is 2.13.